The van der Waals surface area contributed by atoms with Gasteiger partial charge in [-0.1, -0.05) is 13.8 Å². The monoisotopic (exact) mass is 246 g/mol. The minimum Gasteiger partial charge on any atom is -0.382 e. The molecular weight excluding hydrogens is 224 g/mol. The molecule has 18 heavy (non-hydrogen) atoms. The number of benzene rings is 1. The molecule has 0 unspecified atom stereocenters. The summed E-state index contributed by atoms with van der Waals surface area (Å²) < 4.78 is 0. The van der Waals surface area contributed by atoms with Gasteiger partial charge in [0.1, 0.15) is 0 Å². The summed E-state index contributed by atoms with van der Waals surface area (Å²) in [4.78, 5) is 13.5. The summed E-state index contributed by atoms with van der Waals surface area (Å²) in [5, 5.41) is 3.50. The molecule has 0 aliphatic carbocycles. The van der Waals surface area contributed by atoms with E-state index in [2.05, 4.69) is 31.3 Å². The van der Waals surface area contributed by atoms with Crippen LogP contribution in [0.15, 0.2) is 24.3 Å². The van der Waals surface area contributed by atoms with E-state index in [4.69, 9.17) is 0 Å². The lowest BCUT2D eigenvalue weighted by molar-refractivity contribution is -0.117. The Labute approximate surface area is 109 Å². The van der Waals surface area contributed by atoms with E-state index in [1.807, 2.05) is 17.0 Å². The molecule has 1 saturated heterocycles. The number of rotatable bonds is 5. The topological polar surface area (TPSA) is 32.3 Å². The lowest BCUT2D eigenvalue weighted by Gasteiger charge is -2.19. The minimum absolute atomic E-state index is 0.246. The molecule has 3 nitrogen and oxygen atoms in total. The molecule has 1 aliphatic heterocycles. The summed E-state index contributed by atoms with van der Waals surface area (Å²) in [5.74, 6) is 0.246. The van der Waals surface area contributed by atoms with Crippen molar-refractivity contribution in [3.8, 4) is 0 Å². The van der Waals surface area contributed by atoms with Crippen molar-refractivity contribution in [3.05, 3.63) is 24.3 Å². The molecule has 1 aromatic rings. The SMILES string of the molecule is CCC(CC)Nc1ccc(N2CCCC2=O)cc1. The lowest BCUT2D eigenvalue weighted by Crippen LogP contribution is -2.23. The molecule has 0 bridgehead atoms. The smallest absolute Gasteiger partial charge is 0.227 e. The predicted molar refractivity (Wildman–Crippen MR) is 76.0 cm³/mol. The number of carbonyl (C=O) groups is 1. The van der Waals surface area contributed by atoms with Gasteiger partial charge in [-0.05, 0) is 43.5 Å². The molecule has 0 spiro atoms. The zero-order valence-corrected chi connectivity index (χ0v) is 11.3. The number of hydrogen-bond acceptors (Lipinski definition) is 2. The molecule has 1 aliphatic rings. The molecule has 1 N–H and O–H groups in total. The fraction of sp³-hybridized carbons (Fsp3) is 0.533. The van der Waals surface area contributed by atoms with Gasteiger partial charge in [-0.25, -0.2) is 0 Å². The summed E-state index contributed by atoms with van der Waals surface area (Å²) >= 11 is 0. The summed E-state index contributed by atoms with van der Waals surface area (Å²) in [6.07, 6.45) is 3.92. The van der Waals surface area contributed by atoms with E-state index in [1.165, 1.54) is 0 Å². The van der Waals surface area contributed by atoms with Crippen LogP contribution in [0.25, 0.3) is 0 Å². The highest BCUT2D eigenvalue weighted by Gasteiger charge is 2.21. The van der Waals surface area contributed by atoms with Gasteiger partial charge in [0.2, 0.25) is 5.91 Å². The molecule has 0 radical (unpaired) electrons. The van der Waals surface area contributed by atoms with Crippen molar-refractivity contribution < 1.29 is 4.79 Å². The summed E-state index contributed by atoms with van der Waals surface area (Å²) in [6.45, 7) is 5.25. The second kappa shape index (κ2) is 5.89. The van der Waals surface area contributed by atoms with Crippen molar-refractivity contribution in [3.63, 3.8) is 0 Å². The van der Waals surface area contributed by atoms with Gasteiger partial charge in [0.15, 0.2) is 0 Å². The molecular formula is C15H22N2O. The van der Waals surface area contributed by atoms with Gasteiger partial charge in [0.25, 0.3) is 0 Å². The van der Waals surface area contributed by atoms with E-state index >= 15 is 0 Å². The van der Waals surface area contributed by atoms with Crippen molar-refractivity contribution >= 4 is 17.3 Å². The number of anilines is 2. The molecule has 1 fully saturated rings. The first kappa shape index (κ1) is 12.9. The van der Waals surface area contributed by atoms with Gasteiger partial charge in [-0.2, -0.15) is 0 Å². The largest absolute Gasteiger partial charge is 0.382 e. The van der Waals surface area contributed by atoms with Gasteiger partial charge in [0.05, 0.1) is 0 Å². The second-order valence-corrected chi connectivity index (χ2v) is 4.85. The standard InChI is InChI=1S/C15H22N2O/c1-3-12(4-2)16-13-7-9-14(10-8-13)17-11-5-6-15(17)18/h7-10,12,16H,3-6,11H2,1-2H3. The third kappa shape index (κ3) is 2.84. The Balaban J connectivity index is 2.03. The fourth-order valence-electron chi connectivity index (χ4n) is 2.39. The lowest BCUT2D eigenvalue weighted by atomic mass is 10.1. The molecule has 3 heteroatoms. The first-order chi connectivity index (χ1) is 8.74. The highest BCUT2D eigenvalue weighted by atomic mass is 16.2. The molecule has 1 heterocycles. The van der Waals surface area contributed by atoms with Crippen molar-refractivity contribution in [1.29, 1.82) is 0 Å². The van der Waals surface area contributed by atoms with Gasteiger partial charge in [0, 0.05) is 30.4 Å². The van der Waals surface area contributed by atoms with E-state index in [1.54, 1.807) is 0 Å². The van der Waals surface area contributed by atoms with Gasteiger partial charge in [-0.15, -0.1) is 0 Å². The zero-order chi connectivity index (χ0) is 13.0. The van der Waals surface area contributed by atoms with Crippen LogP contribution in [0.5, 0.6) is 0 Å². The quantitative estimate of drug-likeness (QED) is 0.863. The maximum absolute atomic E-state index is 11.6. The fourth-order valence-corrected chi connectivity index (χ4v) is 2.39. The van der Waals surface area contributed by atoms with Gasteiger partial charge in [-0.3, -0.25) is 4.79 Å². The van der Waals surface area contributed by atoms with Crippen molar-refractivity contribution in [2.75, 3.05) is 16.8 Å². The third-order valence-electron chi connectivity index (χ3n) is 3.61. The predicted octanol–water partition coefficient (Wildman–Crippen LogP) is 3.41. The molecule has 0 saturated carbocycles. The van der Waals surface area contributed by atoms with Crippen LogP contribution in [0.2, 0.25) is 0 Å². The molecule has 2 rings (SSSR count). The highest BCUT2D eigenvalue weighted by molar-refractivity contribution is 5.95. The van der Waals surface area contributed by atoms with Crippen LogP contribution in [-0.2, 0) is 4.79 Å². The molecule has 0 aromatic heterocycles. The van der Waals surface area contributed by atoms with E-state index < -0.39 is 0 Å². The first-order valence-corrected chi connectivity index (χ1v) is 6.91. The first-order valence-electron chi connectivity index (χ1n) is 6.91. The average Bonchev–Trinajstić information content (AvgIpc) is 2.83. The van der Waals surface area contributed by atoms with Crippen LogP contribution in [0.4, 0.5) is 11.4 Å². The van der Waals surface area contributed by atoms with Crippen LogP contribution in [0.3, 0.4) is 0 Å². The number of nitrogens with one attached hydrogen (secondary N) is 1. The summed E-state index contributed by atoms with van der Waals surface area (Å²) in [7, 11) is 0. The van der Waals surface area contributed by atoms with Crippen molar-refractivity contribution in [1.82, 2.24) is 0 Å². The molecule has 98 valence electrons. The molecule has 1 amide bonds. The Bertz CT molecular complexity index is 395. The van der Waals surface area contributed by atoms with E-state index in [0.717, 1.165) is 37.2 Å². The average molecular weight is 246 g/mol. The summed E-state index contributed by atoms with van der Waals surface area (Å²) in [5.41, 5.74) is 2.16. The zero-order valence-electron chi connectivity index (χ0n) is 11.3. The van der Waals surface area contributed by atoms with Gasteiger partial charge >= 0.3 is 0 Å². The Morgan fingerprint density at radius 3 is 2.39 bits per heavy atom. The maximum atomic E-state index is 11.6. The number of carbonyl (C=O) groups excluding carboxylic acids is 1. The number of amides is 1. The molecule has 1 aromatic carbocycles. The van der Waals surface area contributed by atoms with Crippen LogP contribution in [0, 0.1) is 0 Å². The Morgan fingerprint density at radius 2 is 1.89 bits per heavy atom. The Morgan fingerprint density at radius 1 is 1.22 bits per heavy atom. The Kier molecular flexibility index (Phi) is 4.24. The van der Waals surface area contributed by atoms with Crippen molar-refractivity contribution in [2.24, 2.45) is 0 Å². The van der Waals surface area contributed by atoms with Gasteiger partial charge < -0.3 is 10.2 Å². The second-order valence-electron chi connectivity index (χ2n) is 4.85. The van der Waals surface area contributed by atoms with Crippen LogP contribution in [0.1, 0.15) is 39.5 Å². The van der Waals surface area contributed by atoms with Crippen molar-refractivity contribution in [2.45, 2.75) is 45.6 Å². The Hall–Kier alpha value is -1.51. The highest BCUT2D eigenvalue weighted by Crippen LogP contribution is 2.23. The van der Waals surface area contributed by atoms with E-state index in [-0.39, 0.29) is 5.91 Å². The summed E-state index contributed by atoms with van der Waals surface area (Å²) in [6, 6.07) is 8.74. The normalized spacial score (nSPS) is 15.5. The number of hydrogen-bond donors (Lipinski definition) is 1. The van der Waals surface area contributed by atoms with E-state index in [9.17, 15) is 4.79 Å². The van der Waals surface area contributed by atoms with Crippen LogP contribution >= 0.6 is 0 Å². The third-order valence-corrected chi connectivity index (χ3v) is 3.61. The van der Waals surface area contributed by atoms with E-state index in [0.29, 0.717) is 12.5 Å². The number of nitrogens with zero attached hydrogens (tertiary/aromatic N) is 1. The maximum Gasteiger partial charge on any atom is 0.227 e. The van der Waals surface area contributed by atoms with Crippen LogP contribution in [-0.4, -0.2) is 18.5 Å². The minimum atomic E-state index is 0.246. The molecule has 0 atom stereocenters. The van der Waals surface area contributed by atoms with Crippen LogP contribution < -0.4 is 10.2 Å².